The van der Waals surface area contributed by atoms with Gasteiger partial charge in [0.25, 0.3) is 11.7 Å². The summed E-state index contributed by atoms with van der Waals surface area (Å²) < 4.78 is 29.9. The van der Waals surface area contributed by atoms with Gasteiger partial charge in [-0.25, -0.2) is 9.59 Å². The number of methoxy groups -OCH3 is 3. The van der Waals surface area contributed by atoms with Gasteiger partial charge in [0.1, 0.15) is 24.4 Å². The van der Waals surface area contributed by atoms with E-state index in [0.717, 1.165) is 12.0 Å². The van der Waals surface area contributed by atoms with Crippen LogP contribution in [0.15, 0.2) is 52.8 Å². The van der Waals surface area contributed by atoms with Crippen molar-refractivity contribution in [1.82, 2.24) is 4.90 Å². The molecule has 1 amide bonds. The van der Waals surface area contributed by atoms with Crippen LogP contribution >= 0.6 is 0 Å². The Bertz CT molecular complexity index is 1960. The summed E-state index contributed by atoms with van der Waals surface area (Å²) in [6.07, 6.45) is 10.4. The minimum Gasteiger partial charge on any atom is -0.478 e. The molecule has 0 unspecified atom stereocenters. The lowest BCUT2D eigenvalue weighted by Crippen LogP contribution is -2.61. The molecule has 16 atom stereocenters. The number of cyclic esters (lactones) is 1. The van der Waals surface area contributed by atoms with Gasteiger partial charge in [0.05, 0.1) is 36.2 Å². The fourth-order valence-corrected chi connectivity index (χ4v) is 10.6. The summed E-state index contributed by atoms with van der Waals surface area (Å²) in [5.74, 6) is -8.47. The Morgan fingerprint density at radius 1 is 0.875 bits per heavy atom. The number of hydrogen-bond acceptors (Lipinski definition) is 15. The molecule has 4 aliphatic rings. The zero-order valence-corrected chi connectivity index (χ0v) is 45.0. The lowest BCUT2D eigenvalue weighted by molar-refractivity contribution is -0.265. The largest absolute Gasteiger partial charge is 0.478 e. The first kappa shape index (κ1) is 60.7. The van der Waals surface area contributed by atoms with Crippen LogP contribution in [0.2, 0.25) is 0 Å². The summed E-state index contributed by atoms with van der Waals surface area (Å²) in [5, 5.41) is 60.7. The Kier molecular flexibility index (Phi) is 23.3. The van der Waals surface area contributed by atoms with E-state index in [9.17, 15) is 44.7 Å². The molecule has 1 aliphatic carbocycles. The molecule has 0 radical (unpaired) electrons. The number of Topliss-reactive ketones (excluding diaryl/α,β-unsaturated/α-hetero) is 1. The van der Waals surface area contributed by atoms with Crippen molar-refractivity contribution in [2.45, 2.75) is 206 Å². The van der Waals surface area contributed by atoms with Crippen LogP contribution in [0.5, 0.6) is 0 Å². The molecule has 3 fully saturated rings. The summed E-state index contributed by atoms with van der Waals surface area (Å²) in [5.41, 5.74) is -0.0972. The number of carboxylic acids is 1. The number of rotatable bonds is 9. The van der Waals surface area contributed by atoms with E-state index < -0.39 is 95.6 Å². The number of carbonyl (C=O) groups excluding carboxylic acids is 3. The predicted molar refractivity (Wildman–Crippen MR) is 271 cm³/mol. The normalized spacial score (nSPS) is 38.2. The van der Waals surface area contributed by atoms with Gasteiger partial charge >= 0.3 is 11.9 Å². The molecular weight excluding hydrogens is 929 g/mol. The highest BCUT2D eigenvalue weighted by molar-refractivity contribution is 6.39. The van der Waals surface area contributed by atoms with Crippen LogP contribution in [0.1, 0.15) is 139 Å². The molecule has 4 rings (SSSR count). The Labute approximate surface area is 428 Å². The minimum atomic E-state index is -2.44. The van der Waals surface area contributed by atoms with E-state index in [4.69, 9.17) is 28.5 Å². The fraction of sp³-hybridized carbons (Fsp3) is 0.764. The molecule has 2 saturated heterocycles. The molecule has 2 bridgehead atoms. The second-order valence-electron chi connectivity index (χ2n) is 21.8. The summed E-state index contributed by atoms with van der Waals surface area (Å²) in [6.45, 7) is 15.8. The number of esters is 1. The van der Waals surface area contributed by atoms with E-state index >= 15 is 0 Å². The number of hydrogen-bond donors (Lipinski definition) is 5. The summed E-state index contributed by atoms with van der Waals surface area (Å²) in [7, 11) is 4.56. The number of aliphatic carboxylic acids is 1. The number of aliphatic hydroxyl groups excluding tert-OH is 3. The van der Waals surface area contributed by atoms with E-state index in [1.54, 1.807) is 41.1 Å². The molecule has 1 saturated carbocycles. The summed E-state index contributed by atoms with van der Waals surface area (Å²) >= 11 is 0. The quantitative estimate of drug-likeness (QED) is 0.0704. The van der Waals surface area contributed by atoms with Crippen LogP contribution in [0.3, 0.4) is 0 Å². The first-order valence-electron chi connectivity index (χ1n) is 26.2. The lowest BCUT2D eigenvalue weighted by Gasteiger charge is -2.43. The molecule has 3 heterocycles. The highest BCUT2D eigenvalue weighted by Gasteiger charge is 2.53. The van der Waals surface area contributed by atoms with Crippen LogP contribution in [0.4, 0.5) is 0 Å². The van der Waals surface area contributed by atoms with Gasteiger partial charge in [-0.1, -0.05) is 76.2 Å². The van der Waals surface area contributed by atoms with Gasteiger partial charge in [0.15, 0.2) is 0 Å². The van der Waals surface area contributed by atoms with Crippen molar-refractivity contribution in [2.75, 3.05) is 27.9 Å². The zero-order valence-electron chi connectivity index (χ0n) is 45.0. The number of ketones is 1. The molecule has 3 aliphatic heterocycles. The van der Waals surface area contributed by atoms with Crippen LogP contribution in [0, 0.1) is 35.5 Å². The first-order chi connectivity index (χ1) is 33.9. The number of carbonyl (C=O) groups is 4. The third-order valence-corrected chi connectivity index (χ3v) is 15.6. The molecule has 72 heavy (non-hydrogen) atoms. The van der Waals surface area contributed by atoms with Crippen molar-refractivity contribution in [3.05, 3.63) is 47.6 Å². The molecule has 0 aromatic carbocycles. The van der Waals surface area contributed by atoms with Crippen LogP contribution < -0.4 is 0 Å². The SMILES string of the molecule is CO[C@H]1C[C@@H]2CC[C@@H](C)[C@@](O)(O2)C(=O)C(=O)N2CCCC[C@H]2C(=O)O[C@H]([C@H](C)C[C@@H]2CC[C@@H](O)[C@H](OC)C2)C[C@@H](O)[C@H](C)/C=C(\C)[C@@H](O)[C@@H](OC)C(=NOC(C)(C)C(=O)O)[C@H](C)C[C@H](C)/C=C/C=CC=C1C. The summed E-state index contributed by atoms with van der Waals surface area (Å²) in [6, 6.07) is -1.14. The molecule has 17 nitrogen and oxygen atoms in total. The third kappa shape index (κ3) is 16.1. The Morgan fingerprint density at radius 3 is 2.24 bits per heavy atom. The maximum absolute atomic E-state index is 14.5. The number of ether oxygens (including phenoxy) is 5. The van der Waals surface area contributed by atoms with Crippen LogP contribution in [-0.2, 0) is 47.7 Å². The van der Waals surface area contributed by atoms with Crippen molar-refractivity contribution >= 4 is 29.3 Å². The molecule has 17 heteroatoms. The molecule has 5 N–H and O–H groups in total. The van der Waals surface area contributed by atoms with E-state index in [2.05, 4.69) is 5.16 Å². The number of nitrogens with zero attached hydrogens (tertiary/aromatic N) is 2. The van der Waals surface area contributed by atoms with E-state index in [0.29, 0.717) is 69.1 Å². The zero-order chi connectivity index (χ0) is 53.7. The smallest absolute Gasteiger partial charge is 0.350 e. The average Bonchev–Trinajstić information content (AvgIpc) is 3.34. The van der Waals surface area contributed by atoms with Crippen molar-refractivity contribution < 1.29 is 73.2 Å². The highest BCUT2D eigenvalue weighted by Crippen LogP contribution is 2.38. The number of amides is 1. The monoisotopic (exact) mass is 1020 g/mol. The number of oxime groups is 1. The maximum atomic E-state index is 14.5. The minimum absolute atomic E-state index is 0.0175. The number of aliphatic hydroxyl groups is 4. The van der Waals surface area contributed by atoms with E-state index in [1.807, 2.05) is 58.1 Å². The maximum Gasteiger partial charge on any atom is 0.350 e. The molecule has 0 spiro atoms. The fourth-order valence-electron chi connectivity index (χ4n) is 10.6. The second kappa shape index (κ2) is 27.6. The van der Waals surface area contributed by atoms with Gasteiger partial charge < -0.3 is 59.0 Å². The van der Waals surface area contributed by atoms with E-state index in [1.165, 1.54) is 25.9 Å². The van der Waals surface area contributed by atoms with Gasteiger partial charge in [-0.05, 0) is 121 Å². The number of allylic oxidation sites excluding steroid dienone is 5. The first-order valence-corrected chi connectivity index (χ1v) is 26.2. The van der Waals surface area contributed by atoms with Gasteiger partial charge in [0, 0.05) is 58.5 Å². The molecular formula is C55H88N2O15. The Morgan fingerprint density at radius 2 is 1.58 bits per heavy atom. The number of piperidine rings is 1. The number of carboxylic acid groups (broad SMARTS) is 1. The Balaban J connectivity index is 1.78. The molecule has 0 aromatic rings. The van der Waals surface area contributed by atoms with Crippen molar-refractivity contribution in [3.8, 4) is 0 Å². The van der Waals surface area contributed by atoms with E-state index in [-0.39, 0.29) is 49.2 Å². The Hall–Kier alpha value is -3.81. The van der Waals surface area contributed by atoms with Gasteiger partial charge in [0.2, 0.25) is 11.4 Å². The molecule has 408 valence electrons. The van der Waals surface area contributed by atoms with Crippen LogP contribution in [-0.4, -0.2) is 154 Å². The second-order valence-corrected chi connectivity index (χ2v) is 21.8. The predicted octanol–water partition coefficient (Wildman–Crippen LogP) is 6.64. The standard InChI is InChI=1S/C55H88N2O15/c1-32-18-14-13-15-19-33(2)44(67-10)30-40-23-21-38(7)55(66,71-40)50(61)51(62)57-25-17-16-20-41(57)52(63)70-45(35(4)28-39-22-24-42(58)46(29-39)68-11)31-43(59)34(3)27-37(6)48(60)49(69-12)47(36(5)26-32)56-72-54(8,9)53(64)65/h13-15,18-19,27,32,34-36,38-46,48-49,58-60,66H,16-17,20-26,28-31H2,1-12H3,(H,64,65)/b15-13?,18-14+,33-19?,37-27+,56-47?/t32-,34-,35-,36-,38-,39+,40+,41+,42-,43-,44+,45+,46-,48-,49+,55-/m1/s1. The van der Waals surface area contributed by atoms with Gasteiger partial charge in [-0.15, -0.1) is 0 Å². The number of fused-ring (bicyclic) bond motifs is 3. The average molecular weight is 1020 g/mol. The van der Waals surface area contributed by atoms with Crippen molar-refractivity contribution in [1.29, 1.82) is 0 Å². The van der Waals surface area contributed by atoms with Crippen molar-refractivity contribution in [2.24, 2.45) is 40.7 Å². The van der Waals surface area contributed by atoms with Gasteiger partial charge in [-0.2, -0.15) is 0 Å². The highest BCUT2D eigenvalue weighted by atomic mass is 16.7. The topological polar surface area (TPSA) is 240 Å². The molecule has 0 aromatic heterocycles. The third-order valence-electron chi connectivity index (χ3n) is 15.6. The summed E-state index contributed by atoms with van der Waals surface area (Å²) in [4.78, 5) is 62.0. The van der Waals surface area contributed by atoms with Gasteiger partial charge in [-0.3, -0.25) is 9.59 Å². The van der Waals surface area contributed by atoms with Crippen molar-refractivity contribution in [3.63, 3.8) is 0 Å². The van der Waals surface area contributed by atoms with Crippen LogP contribution in [0.25, 0.3) is 0 Å². The lowest BCUT2D eigenvalue weighted by atomic mass is 9.78.